The van der Waals surface area contributed by atoms with Crippen molar-refractivity contribution in [1.29, 1.82) is 0 Å². The van der Waals surface area contributed by atoms with Crippen molar-refractivity contribution in [2.75, 3.05) is 18.0 Å². The van der Waals surface area contributed by atoms with Crippen LogP contribution in [0, 0.1) is 0 Å². The lowest BCUT2D eigenvalue weighted by Gasteiger charge is -2.20. The average Bonchev–Trinajstić information content (AvgIpc) is 2.98. The van der Waals surface area contributed by atoms with Crippen molar-refractivity contribution < 1.29 is 12.8 Å². The van der Waals surface area contributed by atoms with E-state index in [0.29, 0.717) is 16.5 Å². The van der Waals surface area contributed by atoms with Crippen molar-refractivity contribution in [3.8, 4) is 11.5 Å². The molecule has 0 saturated carbocycles. The molecule has 1 aliphatic rings. The fourth-order valence-electron chi connectivity index (χ4n) is 3.42. The van der Waals surface area contributed by atoms with Crippen LogP contribution in [0.5, 0.6) is 0 Å². The van der Waals surface area contributed by atoms with Gasteiger partial charge in [-0.25, -0.2) is 8.42 Å². The number of rotatable bonds is 4. The van der Waals surface area contributed by atoms with Gasteiger partial charge in [0.15, 0.2) is 0 Å². The molecule has 1 saturated heterocycles. The molecule has 8 heteroatoms. The topological polar surface area (TPSA) is 63.4 Å². The van der Waals surface area contributed by atoms with Crippen LogP contribution in [0.25, 0.3) is 11.5 Å². The first kappa shape index (κ1) is 20.4. The lowest BCUT2D eigenvalue weighted by Crippen LogP contribution is -2.25. The molecule has 0 atom stereocenters. The van der Waals surface area contributed by atoms with Crippen molar-refractivity contribution in [3.05, 3.63) is 58.0 Å². The van der Waals surface area contributed by atoms with Gasteiger partial charge < -0.3 is 9.32 Å². The Morgan fingerprint density at radius 1 is 0.966 bits per heavy atom. The predicted octanol–water partition coefficient (Wildman–Crippen LogP) is 5.97. The standard InChI is InChI=1S/C21H20BrClN2O3S/c22-18-8-4-3-7-17(18)19-24-20(21(28-19)25-13-5-1-2-6-14-25)29(26,27)16-11-9-15(23)10-12-16/h3-4,7-12H,1-2,5-6,13-14H2. The number of anilines is 1. The maximum Gasteiger partial charge on any atom is 0.236 e. The summed E-state index contributed by atoms with van der Waals surface area (Å²) in [6, 6.07) is 13.6. The highest BCUT2D eigenvalue weighted by molar-refractivity contribution is 9.10. The molecule has 4 rings (SSSR count). The van der Waals surface area contributed by atoms with Gasteiger partial charge in [-0.3, -0.25) is 0 Å². The normalized spacial score (nSPS) is 15.3. The zero-order valence-electron chi connectivity index (χ0n) is 15.6. The molecule has 152 valence electrons. The molecule has 0 bridgehead atoms. The maximum atomic E-state index is 13.4. The first-order chi connectivity index (χ1) is 14.0. The number of oxazole rings is 1. The third-order valence-electron chi connectivity index (χ3n) is 4.96. The predicted molar refractivity (Wildman–Crippen MR) is 117 cm³/mol. The summed E-state index contributed by atoms with van der Waals surface area (Å²) in [6.45, 7) is 1.49. The summed E-state index contributed by atoms with van der Waals surface area (Å²) in [5.74, 6) is 0.594. The van der Waals surface area contributed by atoms with Gasteiger partial charge in [0.25, 0.3) is 0 Å². The highest BCUT2D eigenvalue weighted by Crippen LogP contribution is 2.37. The van der Waals surface area contributed by atoms with E-state index in [9.17, 15) is 8.42 Å². The maximum absolute atomic E-state index is 13.4. The molecule has 2 aromatic carbocycles. The zero-order chi connectivity index (χ0) is 20.4. The van der Waals surface area contributed by atoms with Crippen molar-refractivity contribution in [1.82, 2.24) is 4.98 Å². The Balaban J connectivity index is 1.86. The van der Waals surface area contributed by atoms with Crippen LogP contribution in [0.4, 0.5) is 5.88 Å². The summed E-state index contributed by atoms with van der Waals surface area (Å²) in [5.41, 5.74) is 0.709. The Labute approximate surface area is 183 Å². The summed E-state index contributed by atoms with van der Waals surface area (Å²) >= 11 is 9.44. The lowest BCUT2D eigenvalue weighted by atomic mass is 10.2. The van der Waals surface area contributed by atoms with Gasteiger partial charge in [0, 0.05) is 22.6 Å². The van der Waals surface area contributed by atoms with Crippen LogP contribution in [-0.2, 0) is 9.84 Å². The molecule has 0 radical (unpaired) electrons. The fourth-order valence-corrected chi connectivity index (χ4v) is 5.32. The first-order valence-corrected chi connectivity index (χ1v) is 12.1. The Bertz CT molecular complexity index is 1110. The molecule has 3 aromatic rings. The SMILES string of the molecule is O=S(=O)(c1ccc(Cl)cc1)c1nc(-c2ccccc2Br)oc1N1CCCCCC1. The molecule has 29 heavy (non-hydrogen) atoms. The molecule has 1 aromatic heterocycles. The summed E-state index contributed by atoms with van der Waals surface area (Å²) in [7, 11) is -3.87. The van der Waals surface area contributed by atoms with E-state index in [2.05, 4.69) is 20.9 Å². The van der Waals surface area contributed by atoms with Crippen LogP contribution in [0.2, 0.25) is 5.02 Å². The molecule has 0 aliphatic carbocycles. The van der Waals surface area contributed by atoms with E-state index in [4.69, 9.17) is 16.0 Å². The molecular weight excluding hydrogens is 476 g/mol. The van der Waals surface area contributed by atoms with E-state index in [1.807, 2.05) is 29.2 Å². The molecule has 0 spiro atoms. The smallest absolute Gasteiger partial charge is 0.236 e. The number of hydrogen-bond acceptors (Lipinski definition) is 5. The molecule has 1 fully saturated rings. The number of nitrogens with zero attached hydrogens (tertiary/aromatic N) is 2. The number of benzene rings is 2. The van der Waals surface area contributed by atoms with Crippen LogP contribution in [0.15, 0.2) is 67.3 Å². The minimum absolute atomic E-state index is 0.0486. The lowest BCUT2D eigenvalue weighted by molar-refractivity contribution is 0.543. The molecular formula is C21H20BrClN2O3S. The molecule has 0 N–H and O–H groups in total. The van der Waals surface area contributed by atoms with Crippen molar-refractivity contribution in [2.45, 2.75) is 35.6 Å². The number of sulfone groups is 1. The van der Waals surface area contributed by atoms with E-state index < -0.39 is 9.84 Å². The third kappa shape index (κ3) is 4.22. The Morgan fingerprint density at radius 2 is 1.62 bits per heavy atom. The Morgan fingerprint density at radius 3 is 2.28 bits per heavy atom. The quantitative estimate of drug-likeness (QED) is 0.446. The van der Waals surface area contributed by atoms with Crippen molar-refractivity contribution in [2.24, 2.45) is 0 Å². The second kappa shape index (κ2) is 8.50. The van der Waals surface area contributed by atoms with Crippen LogP contribution in [-0.4, -0.2) is 26.5 Å². The van der Waals surface area contributed by atoms with Gasteiger partial charge in [-0.2, -0.15) is 4.98 Å². The molecule has 2 heterocycles. The summed E-state index contributed by atoms with van der Waals surface area (Å²) in [6.07, 6.45) is 4.24. The Kier molecular flexibility index (Phi) is 5.99. The molecule has 0 unspecified atom stereocenters. The summed E-state index contributed by atoms with van der Waals surface area (Å²) < 4.78 is 33.7. The minimum atomic E-state index is -3.87. The summed E-state index contributed by atoms with van der Waals surface area (Å²) in [4.78, 5) is 6.60. The molecule has 5 nitrogen and oxygen atoms in total. The van der Waals surface area contributed by atoms with E-state index in [1.54, 1.807) is 12.1 Å². The zero-order valence-corrected chi connectivity index (χ0v) is 18.8. The first-order valence-electron chi connectivity index (χ1n) is 9.48. The third-order valence-corrected chi connectivity index (χ3v) is 7.57. The highest BCUT2D eigenvalue weighted by Gasteiger charge is 2.32. The van der Waals surface area contributed by atoms with Gasteiger partial charge >= 0.3 is 0 Å². The van der Waals surface area contributed by atoms with Gasteiger partial charge in [0.1, 0.15) is 0 Å². The van der Waals surface area contributed by atoms with Gasteiger partial charge in [-0.05, 0) is 65.2 Å². The molecule has 0 amide bonds. The van der Waals surface area contributed by atoms with Crippen molar-refractivity contribution >= 4 is 43.3 Å². The monoisotopic (exact) mass is 494 g/mol. The second-order valence-electron chi connectivity index (χ2n) is 6.97. The van der Waals surface area contributed by atoms with E-state index in [0.717, 1.165) is 43.2 Å². The van der Waals surface area contributed by atoms with E-state index in [1.165, 1.54) is 12.1 Å². The minimum Gasteiger partial charge on any atom is -0.419 e. The van der Waals surface area contributed by atoms with Crippen molar-refractivity contribution in [3.63, 3.8) is 0 Å². The van der Waals surface area contributed by atoms with Gasteiger partial charge in [0.05, 0.1) is 10.5 Å². The number of aromatic nitrogens is 1. The van der Waals surface area contributed by atoms with Crippen LogP contribution < -0.4 is 4.90 Å². The average molecular weight is 496 g/mol. The van der Waals surface area contributed by atoms with Gasteiger partial charge in [-0.1, -0.05) is 36.6 Å². The molecule has 1 aliphatic heterocycles. The number of halogens is 2. The fraction of sp³-hybridized carbons (Fsp3) is 0.286. The Hall–Kier alpha value is -1.83. The second-order valence-corrected chi connectivity index (χ2v) is 10.1. The van der Waals surface area contributed by atoms with Crippen LogP contribution in [0.1, 0.15) is 25.7 Å². The highest BCUT2D eigenvalue weighted by atomic mass is 79.9. The van der Waals surface area contributed by atoms with Crippen LogP contribution >= 0.6 is 27.5 Å². The van der Waals surface area contributed by atoms with E-state index in [-0.39, 0.29) is 15.8 Å². The largest absolute Gasteiger partial charge is 0.419 e. The van der Waals surface area contributed by atoms with E-state index >= 15 is 0 Å². The van der Waals surface area contributed by atoms with Crippen LogP contribution in [0.3, 0.4) is 0 Å². The van der Waals surface area contributed by atoms with Gasteiger partial charge in [0.2, 0.25) is 26.6 Å². The number of hydrogen-bond donors (Lipinski definition) is 0. The van der Waals surface area contributed by atoms with Gasteiger partial charge in [-0.15, -0.1) is 0 Å². The summed E-state index contributed by atoms with van der Waals surface area (Å²) in [5, 5.41) is 0.429.